The molecule has 0 N–H and O–H groups in total. The molecule has 0 bridgehead atoms. The van der Waals surface area contributed by atoms with Crippen molar-refractivity contribution in [2.24, 2.45) is 5.41 Å². The Labute approximate surface area is 82.7 Å². The summed E-state index contributed by atoms with van der Waals surface area (Å²) in [7, 11) is 0. The molecular formula is C11H11ClO. The van der Waals surface area contributed by atoms with Crippen molar-refractivity contribution < 1.29 is 4.79 Å². The summed E-state index contributed by atoms with van der Waals surface area (Å²) in [6.45, 7) is 0. The third-order valence-electron chi connectivity index (χ3n) is 2.59. The minimum atomic E-state index is -0.0509. The zero-order valence-corrected chi connectivity index (χ0v) is 8.05. The van der Waals surface area contributed by atoms with Crippen LogP contribution in [0.25, 0.3) is 0 Å². The molecule has 0 spiro atoms. The van der Waals surface area contributed by atoms with Gasteiger partial charge in [0.05, 0.1) is 0 Å². The van der Waals surface area contributed by atoms with Crippen LogP contribution in [0.2, 0.25) is 5.02 Å². The average molecular weight is 195 g/mol. The summed E-state index contributed by atoms with van der Waals surface area (Å²) in [6.07, 6.45) is 4.00. The van der Waals surface area contributed by atoms with E-state index in [0.29, 0.717) is 0 Å². The monoisotopic (exact) mass is 194 g/mol. The molecule has 2 heteroatoms. The van der Waals surface area contributed by atoms with Crippen molar-refractivity contribution in [2.45, 2.75) is 19.3 Å². The average Bonchev–Trinajstić information content (AvgIpc) is 2.86. The first-order valence-corrected chi connectivity index (χ1v) is 4.83. The van der Waals surface area contributed by atoms with Crippen LogP contribution in [0, 0.1) is 5.41 Å². The standard InChI is InChI=1S/C11H11ClO/c12-10-3-1-2-9(6-10)7-11(8-13)4-5-11/h1-3,6,8H,4-5,7H2. The fourth-order valence-electron chi connectivity index (χ4n) is 1.55. The smallest absolute Gasteiger partial charge is 0.126 e. The van der Waals surface area contributed by atoms with Gasteiger partial charge in [-0.2, -0.15) is 0 Å². The second-order valence-electron chi connectivity index (χ2n) is 3.79. The zero-order chi connectivity index (χ0) is 9.31. The maximum Gasteiger partial charge on any atom is 0.126 e. The van der Waals surface area contributed by atoms with Gasteiger partial charge in [0.25, 0.3) is 0 Å². The van der Waals surface area contributed by atoms with Crippen LogP contribution in [-0.4, -0.2) is 6.29 Å². The lowest BCUT2D eigenvalue weighted by Gasteiger charge is -2.06. The fourth-order valence-corrected chi connectivity index (χ4v) is 1.76. The second-order valence-corrected chi connectivity index (χ2v) is 4.22. The summed E-state index contributed by atoms with van der Waals surface area (Å²) in [5, 5.41) is 0.749. The molecule has 0 unspecified atom stereocenters. The lowest BCUT2D eigenvalue weighted by Crippen LogP contribution is -2.05. The Morgan fingerprint density at radius 3 is 2.77 bits per heavy atom. The predicted molar refractivity (Wildman–Crippen MR) is 52.9 cm³/mol. The van der Waals surface area contributed by atoms with Crippen LogP contribution < -0.4 is 0 Å². The molecule has 0 heterocycles. The van der Waals surface area contributed by atoms with Gasteiger partial charge in [0.2, 0.25) is 0 Å². The summed E-state index contributed by atoms with van der Waals surface area (Å²) in [4.78, 5) is 10.7. The summed E-state index contributed by atoms with van der Waals surface area (Å²) in [5.74, 6) is 0. The molecular weight excluding hydrogens is 184 g/mol. The highest BCUT2D eigenvalue weighted by atomic mass is 35.5. The third-order valence-corrected chi connectivity index (χ3v) is 2.82. The molecule has 1 fully saturated rings. The van der Waals surface area contributed by atoms with E-state index in [1.165, 1.54) is 0 Å². The number of hydrogen-bond acceptors (Lipinski definition) is 1. The van der Waals surface area contributed by atoms with Crippen molar-refractivity contribution in [3.05, 3.63) is 34.9 Å². The van der Waals surface area contributed by atoms with Crippen molar-refractivity contribution in [3.63, 3.8) is 0 Å². The molecule has 1 aromatic rings. The van der Waals surface area contributed by atoms with Crippen LogP contribution in [-0.2, 0) is 11.2 Å². The molecule has 0 atom stereocenters. The highest BCUT2D eigenvalue weighted by Crippen LogP contribution is 2.46. The van der Waals surface area contributed by atoms with Gasteiger partial charge < -0.3 is 4.79 Å². The molecule has 1 aliphatic rings. The van der Waals surface area contributed by atoms with E-state index in [1.54, 1.807) is 0 Å². The summed E-state index contributed by atoms with van der Waals surface area (Å²) in [6, 6.07) is 7.74. The Bertz CT molecular complexity index is 329. The van der Waals surface area contributed by atoms with Crippen LogP contribution >= 0.6 is 11.6 Å². The molecule has 0 aliphatic heterocycles. The molecule has 0 radical (unpaired) electrons. The number of carbonyl (C=O) groups is 1. The minimum absolute atomic E-state index is 0.0509. The molecule has 1 aliphatic carbocycles. The highest BCUT2D eigenvalue weighted by molar-refractivity contribution is 6.30. The maximum atomic E-state index is 10.7. The minimum Gasteiger partial charge on any atom is -0.303 e. The maximum absolute atomic E-state index is 10.7. The lowest BCUT2D eigenvalue weighted by atomic mass is 9.98. The van der Waals surface area contributed by atoms with Gasteiger partial charge in [-0.3, -0.25) is 0 Å². The molecule has 0 amide bonds. The van der Waals surface area contributed by atoms with E-state index in [9.17, 15) is 4.79 Å². The van der Waals surface area contributed by atoms with E-state index in [4.69, 9.17) is 11.6 Å². The van der Waals surface area contributed by atoms with Gasteiger partial charge in [-0.25, -0.2) is 0 Å². The molecule has 1 nitrogen and oxygen atoms in total. The number of aldehydes is 1. The SMILES string of the molecule is O=CC1(Cc2cccc(Cl)c2)CC1. The molecule has 13 heavy (non-hydrogen) atoms. The molecule has 68 valence electrons. The number of hydrogen-bond donors (Lipinski definition) is 0. The largest absolute Gasteiger partial charge is 0.303 e. The Morgan fingerprint density at radius 1 is 1.46 bits per heavy atom. The summed E-state index contributed by atoms with van der Waals surface area (Å²) >= 11 is 5.85. The van der Waals surface area contributed by atoms with Crippen LogP contribution in [0.5, 0.6) is 0 Å². The molecule has 2 rings (SSSR count). The van der Waals surface area contributed by atoms with E-state index in [1.807, 2.05) is 24.3 Å². The second kappa shape index (κ2) is 3.15. The van der Waals surface area contributed by atoms with E-state index >= 15 is 0 Å². The Kier molecular flexibility index (Phi) is 2.12. The molecule has 1 aromatic carbocycles. The third kappa shape index (κ3) is 1.92. The van der Waals surface area contributed by atoms with Gasteiger partial charge in [0, 0.05) is 10.4 Å². The van der Waals surface area contributed by atoms with E-state index < -0.39 is 0 Å². The molecule has 0 saturated heterocycles. The first kappa shape index (κ1) is 8.76. The Hall–Kier alpha value is -0.820. The number of rotatable bonds is 3. The number of halogens is 1. The van der Waals surface area contributed by atoms with Crippen LogP contribution in [0.15, 0.2) is 24.3 Å². The lowest BCUT2D eigenvalue weighted by molar-refractivity contribution is -0.112. The van der Waals surface area contributed by atoms with Gasteiger partial charge in [0.1, 0.15) is 6.29 Å². The van der Waals surface area contributed by atoms with E-state index in [2.05, 4.69) is 0 Å². The Morgan fingerprint density at radius 2 is 2.23 bits per heavy atom. The topological polar surface area (TPSA) is 17.1 Å². The van der Waals surface area contributed by atoms with Gasteiger partial charge in [0.15, 0.2) is 0 Å². The predicted octanol–water partition coefficient (Wildman–Crippen LogP) is 2.86. The quantitative estimate of drug-likeness (QED) is 0.677. The van der Waals surface area contributed by atoms with Crippen molar-refractivity contribution in [1.82, 2.24) is 0 Å². The number of benzene rings is 1. The van der Waals surface area contributed by atoms with Crippen LogP contribution in [0.1, 0.15) is 18.4 Å². The van der Waals surface area contributed by atoms with Crippen molar-refractivity contribution in [1.29, 1.82) is 0 Å². The van der Waals surface area contributed by atoms with Crippen molar-refractivity contribution in [3.8, 4) is 0 Å². The van der Waals surface area contributed by atoms with Gasteiger partial charge in [-0.1, -0.05) is 23.7 Å². The van der Waals surface area contributed by atoms with Crippen molar-refractivity contribution >= 4 is 17.9 Å². The van der Waals surface area contributed by atoms with Crippen LogP contribution in [0.3, 0.4) is 0 Å². The number of carbonyl (C=O) groups excluding carboxylic acids is 1. The van der Waals surface area contributed by atoms with Gasteiger partial charge in [-0.05, 0) is 37.0 Å². The van der Waals surface area contributed by atoms with Gasteiger partial charge >= 0.3 is 0 Å². The summed E-state index contributed by atoms with van der Waals surface area (Å²) < 4.78 is 0. The van der Waals surface area contributed by atoms with E-state index in [0.717, 1.165) is 36.1 Å². The molecule has 0 aromatic heterocycles. The van der Waals surface area contributed by atoms with Crippen LogP contribution in [0.4, 0.5) is 0 Å². The first-order valence-electron chi connectivity index (χ1n) is 4.45. The van der Waals surface area contributed by atoms with Gasteiger partial charge in [-0.15, -0.1) is 0 Å². The van der Waals surface area contributed by atoms with Crippen molar-refractivity contribution in [2.75, 3.05) is 0 Å². The highest BCUT2D eigenvalue weighted by Gasteiger charge is 2.42. The summed E-state index contributed by atoms with van der Waals surface area (Å²) in [5.41, 5.74) is 1.11. The fraction of sp³-hybridized carbons (Fsp3) is 0.364. The van der Waals surface area contributed by atoms with E-state index in [-0.39, 0.29) is 5.41 Å². The molecule has 1 saturated carbocycles. The Balaban J connectivity index is 2.14. The normalized spacial score (nSPS) is 18.2. The first-order chi connectivity index (χ1) is 6.24. The zero-order valence-electron chi connectivity index (χ0n) is 7.29.